The van der Waals surface area contributed by atoms with Gasteiger partial charge in [-0.3, -0.25) is 0 Å². The van der Waals surface area contributed by atoms with E-state index < -0.39 is 6.10 Å². The maximum Gasteiger partial charge on any atom is 0.212 e. The number of aromatic nitrogens is 1. The number of pyridine rings is 1. The normalized spacial score (nSPS) is 18.9. The van der Waals surface area contributed by atoms with Gasteiger partial charge in [0.2, 0.25) is 5.88 Å². The third-order valence-corrected chi connectivity index (χ3v) is 3.88. The first-order valence-corrected chi connectivity index (χ1v) is 7.15. The third kappa shape index (κ3) is 3.06. The quantitative estimate of drug-likeness (QED) is 0.938. The first-order valence-electron chi connectivity index (χ1n) is 7.15. The number of ether oxygens (including phenoxy) is 2. The largest absolute Gasteiger partial charge is 0.481 e. The molecule has 0 fully saturated rings. The lowest BCUT2D eigenvalue weighted by Crippen LogP contribution is -2.18. The van der Waals surface area contributed by atoms with E-state index >= 15 is 0 Å². The fourth-order valence-corrected chi connectivity index (χ4v) is 2.72. The van der Waals surface area contributed by atoms with Crippen LogP contribution in [0.4, 0.5) is 0 Å². The van der Waals surface area contributed by atoms with Crippen molar-refractivity contribution in [2.75, 3.05) is 13.7 Å². The van der Waals surface area contributed by atoms with Crippen molar-refractivity contribution in [3.8, 4) is 5.88 Å². The van der Waals surface area contributed by atoms with E-state index in [9.17, 15) is 5.11 Å². The average Bonchev–Trinajstić information content (AvgIpc) is 2.55. The van der Waals surface area contributed by atoms with Crippen LogP contribution in [0.25, 0.3) is 0 Å². The molecule has 4 nitrogen and oxygen atoms in total. The molecule has 1 aromatic heterocycles. The van der Waals surface area contributed by atoms with Gasteiger partial charge >= 0.3 is 0 Å². The van der Waals surface area contributed by atoms with Crippen LogP contribution < -0.4 is 4.74 Å². The second kappa shape index (κ2) is 6.24. The minimum absolute atomic E-state index is 0.0629. The summed E-state index contributed by atoms with van der Waals surface area (Å²) in [5.41, 5.74) is 3.28. The number of aliphatic hydroxyl groups is 1. The highest BCUT2D eigenvalue weighted by Crippen LogP contribution is 2.34. The van der Waals surface area contributed by atoms with Crippen molar-refractivity contribution >= 4 is 0 Å². The molecule has 0 aliphatic carbocycles. The van der Waals surface area contributed by atoms with Crippen molar-refractivity contribution in [1.29, 1.82) is 0 Å². The van der Waals surface area contributed by atoms with Gasteiger partial charge in [-0.1, -0.05) is 24.3 Å². The molecule has 1 aliphatic rings. The molecule has 0 amide bonds. The Morgan fingerprint density at radius 1 is 1.33 bits per heavy atom. The summed E-state index contributed by atoms with van der Waals surface area (Å²) < 4.78 is 10.9. The summed E-state index contributed by atoms with van der Waals surface area (Å²) in [6.07, 6.45) is 2.46. The van der Waals surface area contributed by atoms with Gasteiger partial charge in [0.05, 0.1) is 25.9 Å². The maximum absolute atomic E-state index is 10.4. The number of hydrogen-bond donors (Lipinski definition) is 1. The van der Waals surface area contributed by atoms with Gasteiger partial charge in [-0.2, -0.15) is 0 Å². The first kappa shape index (κ1) is 14.0. The molecule has 3 rings (SSSR count). The van der Waals surface area contributed by atoms with Gasteiger partial charge in [-0.05, 0) is 29.2 Å². The molecule has 0 saturated carbocycles. The van der Waals surface area contributed by atoms with Crippen molar-refractivity contribution in [3.63, 3.8) is 0 Å². The van der Waals surface area contributed by atoms with Crippen molar-refractivity contribution < 1.29 is 14.6 Å². The van der Waals surface area contributed by atoms with E-state index in [1.165, 1.54) is 11.1 Å². The predicted octanol–water partition coefficient (Wildman–Crippen LogP) is 2.83. The Kier molecular flexibility index (Phi) is 4.18. The van der Waals surface area contributed by atoms with Crippen molar-refractivity contribution in [2.24, 2.45) is 0 Å². The second-order valence-corrected chi connectivity index (χ2v) is 5.19. The van der Waals surface area contributed by atoms with Gasteiger partial charge in [0.25, 0.3) is 0 Å². The van der Waals surface area contributed by atoms with Crippen LogP contribution in [0.1, 0.15) is 35.3 Å². The summed E-state index contributed by atoms with van der Waals surface area (Å²) in [7, 11) is 1.57. The maximum atomic E-state index is 10.4. The summed E-state index contributed by atoms with van der Waals surface area (Å²) in [5.74, 6) is 0.546. The van der Waals surface area contributed by atoms with E-state index in [1.54, 1.807) is 19.4 Å². The van der Waals surface area contributed by atoms with E-state index in [0.29, 0.717) is 18.9 Å². The van der Waals surface area contributed by atoms with Crippen molar-refractivity contribution in [2.45, 2.75) is 25.0 Å². The lowest BCUT2D eigenvalue weighted by Gasteiger charge is -2.27. The Bertz CT molecular complexity index is 597. The molecule has 0 bridgehead atoms. The number of benzene rings is 1. The van der Waals surface area contributed by atoms with Gasteiger partial charge in [-0.25, -0.2) is 4.98 Å². The van der Waals surface area contributed by atoms with E-state index in [4.69, 9.17) is 9.47 Å². The zero-order valence-corrected chi connectivity index (χ0v) is 12.0. The lowest BCUT2D eigenvalue weighted by atomic mass is 9.93. The van der Waals surface area contributed by atoms with Crippen molar-refractivity contribution in [1.82, 2.24) is 4.98 Å². The molecule has 2 atom stereocenters. The lowest BCUT2D eigenvalue weighted by molar-refractivity contribution is 0.00369. The highest BCUT2D eigenvalue weighted by atomic mass is 16.5. The smallest absolute Gasteiger partial charge is 0.212 e. The first-order chi connectivity index (χ1) is 10.3. The van der Waals surface area contributed by atoms with Crippen LogP contribution in [-0.2, 0) is 11.2 Å². The fraction of sp³-hybridized carbons (Fsp3) is 0.353. The average molecular weight is 285 g/mol. The van der Waals surface area contributed by atoms with Crippen LogP contribution in [0.15, 0.2) is 42.6 Å². The molecular formula is C17H19NO3. The van der Waals surface area contributed by atoms with Gasteiger partial charge in [-0.15, -0.1) is 0 Å². The van der Waals surface area contributed by atoms with Crippen LogP contribution >= 0.6 is 0 Å². The SMILES string of the molecule is COc1ccc(C(O)CC2OCCc3ccccc32)cn1. The Balaban J connectivity index is 1.74. The molecule has 0 spiro atoms. The van der Waals surface area contributed by atoms with Crippen LogP contribution in [0, 0.1) is 0 Å². The molecule has 1 N–H and O–H groups in total. The number of hydrogen-bond acceptors (Lipinski definition) is 4. The standard InChI is InChI=1S/C17H19NO3/c1-20-17-7-6-13(11-18-17)15(19)10-16-14-5-3-2-4-12(14)8-9-21-16/h2-7,11,15-16,19H,8-10H2,1H3. The number of nitrogens with zero attached hydrogens (tertiary/aromatic N) is 1. The summed E-state index contributed by atoms with van der Waals surface area (Å²) >= 11 is 0. The number of fused-ring (bicyclic) bond motifs is 1. The highest BCUT2D eigenvalue weighted by molar-refractivity contribution is 5.31. The third-order valence-electron chi connectivity index (χ3n) is 3.88. The van der Waals surface area contributed by atoms with Gasteiger partial charge in [0.1, 0.15) is 0 Å². The minimum Gasteiger partial charge on any atom is -0.481 e. The zero-order chi connectivity index (χ0) is 14.7. The van der Waals surface area contributed by atoms with Crippen LogP contribution in [-0.4, -0.2) is 23.8 Å². The Hall–Kier alpha value is -1.91. The van der Waals surface area contributed by atoms with E-state index in [2.05, 4.69) is 17.1 Å². The minimum atomic E-state index is -0.598. The molecule has 0 saturated heterocycles. The molecule has 21 heavy (non-hydrogen) atoms. The zero-order valence-electron chi connectivity index (χ0n) is 12.0. The second-order valence-electron chi connectivity index (χ2n) is 5.19. The molecular weight excluding hydrogens is 266 g/mol. The molecule has 0 radical (unpaired) electrons. The molecule has 2 unspecified atom stereocenters. The van der Waals surface area contributed by atoms with E-state index in [0.717, 1.165) is 12.0 Å². The summed E-state index contributed by atoms with van der Waals surface area (Å²) in [6, 6.07) is 11.9. The number of methoxy groups -OCH3 is 1. The predicted molar refractivity (Wildman–Crippen MR) is 79.2 cm³/mol. The Morgan fingerprint density at radius 3 is 2.95 bits per heavy atom. The Morgan fingerprint density at radius 2 is 2.19 bits per heavy atom. The fourth-order valence-electron chi connectivity index (χ4n) is 2.72. The molecule has 4 heteroatoms. The summed E-state index contributed by atoms with van der Waals surface area (Å²) in [5, 5.41) is 10.4. The molecule has 1 aromatic carbocycles. The molecule has 2 aromatic rings. The molecule has 110 valence electrons. The van der Waals surface area contributed by atoms with Gasteiger partial charge in [0.15, 0.2) is 0 Å². The van der Waals surface area contributed by atoms with Gasteiger partial charge in [0, 0.05) is 18.7 Å². The summed E-state index contributed by atoms with van der Waals surface area (Å²) in [4.78, 5) is 4.13. The van der Waals surface area contributed by atoms with Crippen LogP contribution in [0.3, 0.4) is 0 Å². The van der Waals surface area contributed by atoms with Crippen LogP contribution in [0.5, 0.6) is 5.88 Å². The highest BCUT2D eigenvalue weighted by Gasteiger charge is 2.24. The van der Waals surface area contributed by atoms with Crippen LogP contribution in [0.2, 0.25) is 0 Å². The molecule has 2 heterocycles. The number of aliphatic hydroxyl groups excluding tert-OH is 1. The summed E-state index contributed by atoms with van der Waals surface area (Å²) in [6.45, 7) is 0.704. The van der Waals surface area contributed by atoms with Gasteiger partial charge < -0.3 is 14.6 Å². The number of rotatable bonds is 4. The van der Waals surface area contributed by atoms with E-state index in [-0.39, 0.29) is 6.10 Å². The van der Waals surface area contributed by atoms with Crippen molar-refractivity contribution in [3.05, 3.63) is 59.3 Å². The molecule has 1 aliphatic heterocycles. The van der Waals surface area contributed by atoms with E-state index in [1.807, 2.05) is 18.2 Å². The Labute approximate surface area is 124 Å². The monoisotopic (exact) mass is 285 g/mol. The topological polar surface area (TPSA) is 51.6 Å².